The number of hydrogen-bond donors (Lipinski definition) is 1. The zero-order valence-electron chi connectivity index (χ0n) is 11.3. The van der Waals surface area contributed by atoms with Gasteiger partial charge >= 0.3 is 0 Å². The van der Waals surface area contributed by atoms with Crippen LogP contribution in [0.15, 0.2) is 69.6 Å². The summed E-state index contributed by atoms with van der Waals surface area (Å²) in [5.41, 5.74) is 1.53. The number of amides is 1. The third-order valence-electron chi connectivity index (χ3n) is 3.04. The van der Waals surface area contributed by atoms with Crippen molar-refractivity contribution in [3.8, 4) is 11.3 Å². The molecule has 1 aromatic heterocycles. The SMILES string of the molecule is O=C(Nc1ccc(Br)cc1)c1ccc(-c2cccc(Cl)c2)o1. The lowest BCUT2D eigenvalue weighted by Gasteiger charge is -2.03. The second-order valence-electron chi connectivity index (χ2n) is 4.64. The molecule has 0 atom stereocenters. The Labute approximate surface area is 141 Å². The molecule has 22 heavy (non-hydrogen) atoms. The number of furan rings is 1. The van der Waals surface area contributed by atoms with Crippen molar-refractivity contribution in [2.24, 2.45) is 0 Å². The smallest absolute Gasteiger partial charge is 0.291 e. The molecule has 1 amide bonds. The molecule has 0 saturated heterocycles. The van der Waals surface area contributed by atoms with Crippen molar-refractivity contribution in [3.63, 3.8) is 0 Å². The lowest BCUT2D eigenvalue weighted by Crippen LogP contribution is -2.10. The molecule has 1 heterocycles. The summed E-state index contributed by atoms with van der Waals surface area (Å²) < 4.78 is 6.55. The van der Waals surface area contributed by atoms with Crippen molar-refractivity contribution < 1.29 is 9.21 Å². The molecule has 0 aliphatic heterocycles. The monoisotopic (exact) mass is 375 g/mol. The fourth-order valence-electron chi connectivity index (χ4n) is 1.98. The number of carbonyl (C=O) groups excluding carboxylic acids is 1. The molecule has 3 aromatic rings. The van der Waals surface area contributed by atoms with Crippen LogP contribution in [0.1, 0.15) is 10.6 Å². The van der Waals surface area contributed by atoms with Crippen molar-refractivity contribution in [2.45, 2.75) is 0 Å². The van der Waals surface area contributed by atoms with Crippen LogP contribution in [0.3, 0.4) is 0 Å². The van der Waals surface area contributed by atoms with Crippen molar-refractivity contribution >= 4 is 39.1 Å². The quantitative estimate of drug-likeness (QED) is 0.645. The van der Waals surface area contributed by atoms with Crippen LogP contribution in [0.2, 0.25) is 5.02 Å². The third kappa shape index (κ3) is 3.40. The molecular weight excluding hydrogens is 366 g/mol. The van der Waals surface area contributed by atoms with Gasteiger partial charge in [0.05, 0.1) is 0 Å². The molecule has 0 spiro atoms. The van der Waals surface area contributed by atoms with E-state index >= 15 is 0 Å². The number of rotatable bonds is 3. The first kappa shape index (κ1) is 14.9. The summed E-state index contributed by atoms with van der Waals surface area (Å²) in [4.78, 5) is 12.2. The van der Waals surface area contributed by atoms with E-state index in [1.807, 2.05) is 36.4 Å². The van der Waals surface area contributed by atoms with Crippen LogP contribution in [-0.4, -0.2) is 5.91 Å². The highest BCUT2D eigenvalue weighted by Gasteiger charge is 2.12. The van der Waals surface area contributed by atoms with Gasteiger partial charge in [-0.2, -0.15) is 0 Å². The van der Waals surface area contributed by atoms with E-state index in [0.717, 1.165) is 10.0 Å². The molecule has 3 nitrogen and oxygen atoms in total. The minimum atomic E-state index is -0.296. The van der Waals surface area contributed by atoms with E-state index < -0.39 is 0 Å². The Morgan fingerprint density at radius 3 is 2.55 bits per heavy atom. The highest BCUT2D eigenvalue weighted by atomic mass is 79.9. The first-order valence-electron chi connectivity index (χ1n) is 6.54. The van der Waals surface area contributed by atoms with Crippen molar-refractivity contribution in [1.82, 2.24) is 0 Å². The Hall–Kier alpha value is -2.04. The number of carbonyl (C=O) groups is 1. The van der Waals surface area contributed by atoms with Crippen molar-refractivity contribution in [1.29, 1.82) is 0 Å². The first-order valence-corrected chi connectivity index (χ1v) is 7.71. The summed E-state index contributed by atoms with van der Waals surface area (Å²) in [6.45, 7) is 0. The van der Waals surface area contributed by atoms with Crippen LogP contribution in [0, 0.1) is 0 Å². The Morgan fingerprint density at radius 2 is 1.82 bits per heavy atom. The number of benzene rings is 2. The highest BCUT2D eigenvalue weighted by molar-refractivity contribution is 9.10. The zero-order chi connectivity index (χ0) is 15.5. The van der Waals surface area contributed by atoms with Gasteiger partial charge in [0, 0.05) is 20.7 Å². The topological polar surface area (TPSA) is 42.2 Å². The van der Waals surface area contributed by atoms with E-state index in [-0.39, 0.29) is 11.7 Å². The predicted molar refractivity (Wildman–Crippen MR) is 91.2 cm³/mol. The van der Waals surface area contributed by atoms with E-state index in [1.54, 1.807) is 24.3 Å². The molecule has 2 aromatic carbocycles. The average Bonchev–Trinajstić information content (AvgIpc) is 3.00. The predicted octanol–water partition coefficient (Wildman–Crippen LogP) is 5.61. The molecule has 0 radical (unpaired) electrons. The van der Waals surface area contributed by atoms with Crippen molar-refractivity contribution in [3.05, 3.63) is 75.9 Å². The Bertz CT molecular complexity index is 812. The van der Waals surface area contributed by atoms with Gasteiger partial charge in [0.1, 0.15) is 5.76 Å². The van der Waals surface area contributed by atoms with Crippen LogP contribution in [-0.2, 0) is 0 Å². The van der Waals surface area contributed by atoms with Crippen LogP contribution in [0.4, 0.5) is 5.69 Å². The van der Waals surface area contributed by atoms with Crippen LogP contribution >= 0.6 is 27.5 Å². The van der Waals surface area contributed by atoms with E-state index in [1.165, 1.54) is 0 Å². The average molecular weight is 377 g/mol. The lowest BCUT2D eigenvalue weighted by molar-refractivity contribution is 0.0997. The van der Waals surface area contributed by atoms with E-state index in [2.05, 4.69) is 21.2 Å². The molecule has 0 fully saturated rings. The molecule has 3 rings (SSSR count). The molecule has 0 bridgehead atoms. The minimum Gasteiger partial charge on any atom is -0.451 e. The Morgan fingerprint density at radius 1 is 1.05 bits per heavy atom. The van der Waals surface area contributed by atoms with Gasteiger partial charge in [-0.25, -0.2) is 0 Å². The molecule has 1 N–H and O–H groups in total. The summed E-state index contributed by atoms with van der Waals surface area (Å²) in [7, 11) is 0. The van der Waals surface area contributed by atoms with Gasteiger partial charge in [-0.15, -0.1) is 0 Å². The minimum absolute atomic E-state index is 0.248. The maximum absolute atomic E-state index is 12.2. The van der Waals surface area contributed by atoms with E-state index in [9.17, 15) is 4.79 Å². The normalized spacial score (nSPS) is 10.5. The van der Waals surface area contributed by atoms with Crippen LogP contribution < -0.4 is 5.32 Å². The lowest BCUT2D eigenvalue weighted by atomic mass is 10.2. The fraction of sp³-hybridized carbons (Fsp3) is 0. The third-order valence-corrected chi connectivity index (χ3v) is 3.80. The highest BCUT2D eigenvalue weighted by Crippen LogP contribution is 2.25. The van der Waals surface area contributed by atoms with Crippen LogP contribution in [0.5, 0.6) is 0 Å². The van der Waals surface area contributed by atoms with Gasteiger partial charge in [-0.3, -0.25) is 4.79 Å². The molecule has 0 aliphatic carbocycles. The first-order chi connectivity index (χ1) is 10.6. The second-order valence-corrected chi connectivity index (χ2v) is 5.99. The molecule has 0 saturated carbocycles. The largest absolute Gasteiger partial charge is 0.451 e. The molecule has 110 valence electrons. The number of hydrogen-bond acceptors (Lipinski definition) is 2. The maximum atomic E-state index is 12.2. The van der Waals surface area contributed by atoms with Crippen molar-refractivity contribution in [2.75, 3.05) is 5.32 Å². The maximum Gasteiger partial charge on any atom is 0.291 e. The van der Waals surface area contributed by atoms with E-state index in [0.29, 0.717) is 16.5 Å². The zero-order valence-corrected chi connectivity index (χ0v) is 13.7. The standard InChI is InChI=1S/C17H11BrClNO2/c18-12-4-6-14(7-5-12)20-17(21)16-9-8-15(22-16)11-2-1-3-13(19)10-11/h1-10H,(H,20,21). The summed E-state index contributed by atoms with van der Waals surface area (Å²) >= 11 is 9.31. The summed E-state index contributed by atoms with van der Waals surface area (Å²) in [6, 6.07) is 18.0. The summed E-state index contributed by atoms with van der Waals surface area (Å²) in [5, 5.41) is 3.40. The Kier molecular flexibility index (Phi) is 4.32. The number of halogens is 2. The van der Waals surface area contributed by atoms with Gasteiger partial charge in [0.2, 0.25) is 0 Å². The molecule has 0 aliphatic rings. The number of anilines is 1. The number of nitrogens with one attached hydrogen (secondary N) is 1. The van der Waals surface area contributed by atoms with Crippen LogP contribution in [0.25, 0.3) is 11.3 Å². The molecular formula is C17H11BrClNO2. The van der Waals surface area contributed by atoms with Gasteiger partial charge in [-0.1, -0.05) is 39.7 Å². The van der Waals surface area contributed by atoms with Gasteiger partial charge < -0.3 is 9.73 Å². The Balaban J connectivity index is 1.78. The van der Waals surface area contributed by atoms with Gasteiger partial charge in [0.25, 0.3) is 5.91 Å². The summed E-state index contributed by atoms with van der Waals surface area (Å²) in [5.74, 6) is 0.553. The van der Waals surface area contributed by atoms with E-state index in [4.69, 9.17) is 16.0 Å². The molecule has 0 unspecified atom stereocenters. The van der Waals surface area contributed by atoms with Gasteiger partial charge in [-0.05, 0) is 48.5 Å². The molecule has 5 heteroatoms. The second kappa shape index (κ2) is 6.38. The fourth-order valence-corrected chi connectivity index (χ4v) is 2.44. The van der Waals surface area contributed by atoms with Gasteiger partial charge in [0.15, 0.2) is 5.76 Å². The summed E-state index contributed by atoms with van der Waals surface area (Å²) in [6.07, 6.45) is 0.